The molecule has 1 heterocycles. The number of rotatable bonds is 7. The lowest BCUT2D eigenvalue weighted by molar-refractivity contribution is 0.0709. The predicted octanol–water partition coefficient (Wildman–Crippen LogP) is 2.91. The lowest BCUT2D eigenvalue weighted by Gasteiger charge is -2.23. The minimum absolute atomic E-state index is 0.178. The van der Waals surface area contributed by atoms with Crippen LogP contribution in [0.5, 0.6) is 0 Å². The third kappa shape index (κ3) is 3.38. The summed E-state index contributed by atoms with van der Waals surface area (Å²) in [5, 5.41) is 0. The monoisotopic (exact) mass is 290 g/mol. The van der Waals surface area contributed by atoms with Gasteiger partial charge < -0.3 is 14.5 Å². The highest BCUT2D eigenvalue weighted by Crippen LogP contribution is 2.29. The number of carbonyl (C=O) groups is 1. The van der Waals surface area contributed by atoms with E-state index < -0.39 is 0 Å². The average molecular weight is 290 g/mol. The van der Waals surface area contributed by atoms with Crippen molar-refractivity contribution in [2.45, 2.75) is 39.3 Å². The van der Waals surface area contributed by atoms with Crippen LogP contribution in [0.15, 0.2) is 18.2 Å². The van der Waals surface area contributed by atoms with Crippen LogP contribution in [0.3, 0.4) is 0 Å². The van der Waals surface area contributed by atoms with Crippen LogP contribution in [-0.4, -0.2) is 44.2 Å². The number of ether oxygens (including phenoxy) is 1. The first-order chi connectivity index (χ1) is 10.1. The van der Waals surface area contributed by atoms with Crippen LogP contribution in [0.1, 0.15) is 42.6 Å². The van der Waals surface area contributed by atoms with E-state index in [-0.39, 0.29) is 5.91 Å². The van der Waals surface area contributed by atoms with Gasteiger partial charge in [0.2, 0.25) is 0 Å². The maximum absolute atomic E-state index is 12.5. The lowest BCUT2D eigenvalue weighted by atomic mass is 10.1. The number of hydrogen-bond acceptors (Lipinski definition) is 3. The number of carbonyl (C=O) groups excluding carboxylic acids is 1. The van der Waals surface area contributed by atoms with Gasteiger partial charge in [-0.05, 0) is 37.1 Å². The summed E-state index contributed by atoms with van der Waals surface area (Å²) in [5.41, 5.74) is 3.15. The van der Waals surface area contributed by atoms with Crippen LogP contribution in [0.4, 0.5) is 5.69 Å². The van der Waals surface area contributed by atoms with Gasteiger partial charge in [-0.2, -0.15) is 0 Å². The smallest absolute Gasteiger partial charge is 0.254 e. The molecule has 0 aromatic heterocycles. The van der Waals surface area contributed by atoms with Gasteiger partial charge in [0, 0.05) is 44.5 Å². The van der Waals surface area contributed by atoms with Gasteiger partial charge in [-0.25, -0.2) is 0 Å². The summed E-state index contributed by atoms with van der Waals surface area (Å²) in [5.74, 6) is 0.178. The van der Waals surface area contributed by atoms with Gasteiger partial charge in [0.25, 0.3) is 5.91 Å². The van der Waals surface area contributed by atoms with Gasteiger partial charge in [-0.15, -0.1) is 0 Å². The highest BCUT2D eigenvalue weighted by Gasteiger charge is 2.30. The standard InChI is InChI=1S/C17H26N2O2/c1-5-6-13(2)19-12-14-11-15(18(3)9-10-21-4)7-8-16(14)17(19)20/h7-8,11,13H,5-6,9-10,12H2,1-4H3. The van der Waals surface area contributed by atoms with Gasteiger partial charge in [-0.3, -0.25) is 4.79 Å². The SMILES string of the molecule is CCCC(C)N1Cc2cc(N(C)CCOC)ccc2C1=O. The molecule has 1 aromatic carbocycles. The van der Waals surface area contributed by atoms with Crippen molar-refractivity contribution < 1.29 is 9.53 Å². The molecule has 0 saturated carbocycles. The second-order valence-electron chi connectivity index (χ2n) is 5.83. The molecule has 1 atom stereocenters. The van der Waals surface area contributed by atoms with Gasteiger partial charge in [0.05, 0.1) is 6.61 Å². The molecule has 0 bridgehead atoms. The van der Waals surface area contributed by atoms with Crippen molar-refractivity contribution in [3.63, 3.8) is 0 Å². The minimum atomic E-state index is 0.178. The topological polar surface area (TPSA) is 32.8 Å². The van der Waals surface area contributed by atoms with E-state index in [9.17, 15) is 4.79 Å². The Labute approximate surface area is 127 Å². The summed E-state index contributed by atoms with van der Waals surface area (Å²) in [6.45, 7) is 6.58. The van der Waals surface area contributed by atoms with E-state index in [4.69, 9.17) is 4.74 Å². The summed E-state index contributed by atoms with van der Waals surface area (Å²) in [6.07, 6.45) is 2.16. The Morgan fingerprint density at radius 1 is 1.43 bits per heavy atom. The first-order valence-electron chi connectivity index (χ1n) is 7.72. The third-order valence-electron chi connectivity index (χ3n) is 4.23. The Balaban J connectivity index is 2.14. The molecule has 1 aliphatic rings. The minimum Gasteiger partial charge on any atom is -0.383 e. The fraction of sp³-hybridized carbons (Fsp3) is 0.588. The van der Waals surface area contributed by atoms with Crippen LogP contribution in [-0.2, 0) is 11.3 Å². The quantitative estimate of drug-likeness (QED) is 0.774. The number of likely N-dealkylation sites (N-methyl/N-ethyl adjacent to an activating group) is 1. The fourth-order valence-electron chi connectivity index (χ4n) is 2.85. The number of hydrogen-bond donors (Lipinski definition) is 0. The molecule has 0 aliphatic carbocycles. The van der Waals surface area contributed by atoms with Crippen LogP contribution < -0.4 is 4.90 Å². The maximum atomic E-state index is 12.5. The normalized spacial score (nSPS) is 15.2. The Morgan fingerprint density at radius 2 is 2.19 bits per heavy atom. The molecule has 1 amide bonds. The van der Waals surface area contributed by atoms with Crippen LogP contribution in [0.2, 0.25) is 0 Å². The maximum Gasteiger partial charge on any atom is 0.254 e. The van der Waals surface area contributed by atoms with E-state index in [2.05, 4.69) is 31.9 Å². The molecule has 0 N–H and O–H groups in total. The van der Waals surface area contributed by atoms with Gasteiger partial charge in [-0.1, -0.05) is 13.3 Å². The van der Waals surface area contributed by atoms with Crippen LogP contribution in [0.25, 0.3) is 0 Å². The molecular weight excluding hydrogens is 264 g/mol. The molecule has 116 valence electrons. The molecule has 0 saturated heterocycles. The lowest BCUT2D eigenvalue weighted by Crippen LogP contribution is -2.33. The summed E-state index contributed by atoms with van der Waals surface area (Å²) < 4.78 is 5.12. The van der Waals surface area contributed by atoms with Gasteiger partial charge >= 0.3 is 0 Å². The summed E-state index contributed by atoms with van der Waals surface area (Å²) in [4.78, 5) is 16.6. The second-order valence-corrected chi connectivity index (χ2v) is 5.83. The Bertz CT molecular complexity index is 502. The molecule has 1 aromatic rings. The summed E-state index contributed by atoms with van der Waals surface area (Å²) in [6, 6.07) is 6.45. The third-order valence-corrected chi connectivity index (χ3v) is 4.23. The number of benzene rings is 1. The second kappa shape index (κ2) is 6.94. The first kappa shape index (κ1) is 15.8. The van der Waals surface area contributed by atoms with Crippen molar-refractivity contribution in [2.24, 2.45) is 0 Å². The number of nitrogens with zero attached hydrogens (tertiary/aromatic N) is 2. The van der Waals surface area contributed by atoms with Crippen LogP contribution >= 0.6 is 0 Å². The van der Waals surface area contributed by atoms with E-state index >= 15 is 0 Å². The molecule has 2 rings (SSSR count). The molecular formula is C17H26N2O2. The molecule has 0 spiro atoms. The molecule has 4 nitrogen and oxygen atoms in total. The largest absolute Gasteiger partial charge is 0.383 e. The highest BCUT2D eigenvalue weighted by molar-refractivity contribution is 5.99. The number of amides is 1. The van der Waals surface area contributed by atoms with Crippen molar-refractivity contribution in [1.29, 1.82) is 0 Å². The molecule has 21 heavy (non-hydrogen) atoms. The van der Waals surface area contributed by atoms with Gasteiger partial charge in [0.1, 0.15) is 0 Å². The Morgan fingerprint density at radius 3 is 2.86 bits per heavy atom. The summed E-state index contributed by atoms with van der Waals surface area (Å²) >= 11 is 0. The molecule has 0 fully saturated rings. The summed E-state index contributed by atoms with van der Waals surface area (Å²) in [7, 11) is 3.76. The highest BCUT2D eigenvalue weighted by atomic mass is 16.5. The Kier molecular flexibility index (Phi) is 5.23. The zero-order valence-corrected chi connectivity index (χ0v) is 13.6. The zero-order valence-electron chi connectivity index (χ0n) is 13.6. The predicted molar refractivity (Wildman–Crippen MR) is 85.8 cm³/mol. The number of fused-ring (bicyclic) bond motifs is 1. The molecule has 0 radical (unpaired) electrons. The first-order valence-corrected chi connectivity index (χ1v) is 7.72. The van der Waals surface area contributed by atoms with E-state index in [0.717, 1.165) is 42.7 Å². The van der Waals surface area contributed by atoms with E-state index in [1.807, 2.05) is 17.0 Å². The molecule has 1 aliphatic heterocycles. The van der Waals surface area contributed by atoms with E-state index in [0.29, 0.717) is 12.6 Å². The van der Waals surface area contributed by atoms with Crippen molar-refractivity contribution in [1.82, 2.24) is 4.90 Å². The molecule has 4 heteroatoms. The average Bonchev–Trinajstić information content (AvgIpc) is 2.81. The van der Waals surface area contributed by atoms with E-state index in [1.54, 1.807) is 7.11 Å². The van der Waals surface area contributed by atoms with Crippen LogP contribution in [0, 0.1) is 0 Å². The Hall–Kier alpha value is -1.55. The van der Waals surface area contributed by atoms with Crippen molar-refractivity contribution >= 4 is 11.6 Å². The zero-order chi connectivity index (χ0) is 15.4. The van der Waals surface area contributed by atoms with Crippen molar-refractivity contribution in [3.05, 3.63) is 29.3 Å². The molecule has 1 unspecified atom stereocenters. The van der Waals surface area contributed by atoms with Crippen molar-refractivity contribution in [3.8, 4) is 0 Å². The fourth-order valence-corrected chi connectivity index (χ4v) is 2.85. The van der Waals surface area contributed by atoms with Gasteiger partial charge in [0.15, 0.2) is 0 Å². The van der Waals surface area contributed by atoms with Crippen molar-refractivity contribution in [2.75, 3.05) is 32.2 Å². The van der Waals surface area contributed by atoms with E-state index in [1.165, 1.54) is 0 Å². The number of methoxy groups -OCH3 is 1. The number of anilines is 1.